The number of unbranched alkanes of at least 4 members (excludes halogenated alkanes) is 9. The summed E-state index contributed by atoms with van der Waals surface area (Å²) in [4.78, 5) is 2.65. The maximum Gasteiger partial charge on any atom is -0.00187 e. The Morgan fingerprint density at radius 2 is 1.11 bits per heavy atom. The van der Waals surface area contributed by atoms with E-state index in [0.29, 0.717) is 0 Å². The van der Waals surface area contributed by atoms with Gasteiger partial charge in [0.25, 0.3) is 0 Å². The Balaban J connectivity index is 0.00000676. The fourth-order valence-corrected chi connectivity index (χ4v) is 3.92. The molecule has 0 saturated carbocycles. The highest BCUT2D eigenvalue weighted by atomic mass is 16.0. The highest BCUT2D eigenvalue weighted by Crippen LogP contribution is 2.14. The summed E-state index contributed by atoms with van der Waals surface area (Å²) in [5.41, 5.74) is 3.00. The largest absolute Gasteiger partial charge is 0.412 e. The van der Waals surface area contributed by atoms with E-state index in [2.05, 4.69) is 49.9 Å². The minimum Gasteiger partial charge on any atom is -0.412 e. The van der Waals surface area contributed by atoms with Crippen LogP contribution in [-0.4, -0.2) is 30.0 Å². The summed E-state index contributed by atoms with van der Waals surface area (Å²) in [7, 11) is 0. The van der Waals surface area contributed by atoms with Crippen molar-refractivity contribution in [3.8, 4) is 0 Å². The van der Waals surface area contributed by atoms with Crippen LogP contribution in [0, 0.1) is 6.92 Å². The summed E-state index contributed by atoms with van der Waals surface area (Å²) in [6, 6.07) is 8.85. The van der Waals surface area contributed by atoms with Gasteiger partial charge in [-0.25, -0.2) is 0 Å². The Labute approximate surface area is 170 Å². The quantitative estimate of drug-likeness (QED) is 0.277. The van der Waals surface area contributed by atoms with E-state index in [0.717, 1.165) is 0 Å². The molecule has 0 radical (unpaired) electrons. The molecule has 0 heterocycles. The molecule has 0 atom stereocenters. The van der Waals surface area contributed by atoms with Gasteiger partial charge in [0.1, 0.15) is 0 Å². The van der Waals surface area contributed by atoms with Gasteiger partial charge >= 0.3 is 0 Å². The zero-order valence-electron chi connectivity index (χ0n) is 18.6. The Hall–Kier alpha value is -0.860. The van der Waals surface area contributed by atoms with Crippen molar-refractivity contribution in [1.29, 1.82) is 0 Å². The van der Waals surface area contributed by atoms with Crippen LogP contribution in [0.5, 0.6) is 0 Å². The molecule has 0 aliphatic carbocycles. The van der Waals surface area contributed by atoms with Crippen molar-refractivity contribution in [2.75, 3.05) is 19.6 Å². The summed E-state index contributed by atoms with van der Waals surface area (Å²) in [6.07, 6.45) is 18.1. The first-order valence-corrected chi connectivity index (χ1v) is 11.5. The first-order valence-electron chi connectivity index (χ1n) is 11.5. The lowest BCUT2D eigenvalue weighted by molar-refractivity contribution is 0.267. The highest BCUT2D eigenvalue weighted by Gasteiger charge is 2.01. The van der Waals surface area contributed by atoms with Gasteiger partial charge in [-0.2, -0.15) is 0 Å². The molecule has 0 saturated heterocycles. The monoisotopic (exact) mass is 377 g/mol. The number of rotatable bonds is 17. The second-order valence-corrected chi connectivity index (χ2v) is 8.05. The number of hydrogen-bond donors (Lipinski definition) is 0. The first kappa shape index (κ1) is 26.1. The topological polar surface area (TPSA) is 34.7 Å². The Morgan fingerprint density at radius 1 is 0.630 bits per heavy atom. The zero-order chi connectivity index (χ0) is 18.9. The van der Waals surface area contributed by atoms with Crippen LogP contribution in [0.25, 0.3) is 0 Å². The number of nitrogens with zero attached hydrogens (tertiary/aromatic N) is 1. The lowest BCUT2D eigenvalue weighted by Gasteiger charge is -2.20. The molecule has 0 amide bonds. The minimum atomic E-state index is 0. The lowest BCUT2D eigenvalue weighted by Crippen LogP contribution is -2.26. The summed E-state index contributed by atoms with van der Waals surface area (Å²) in [5.74, 6) is 0. The van der Waals surface area contributed by atoms with E-state index >= 15 is 0 Å². The van der Waals surface area contributed by atoms with Gasteiger partial charge in [0.05, 0.1) is 0 Å². The van der Waals surface area contributed by atoms with E-state index < -0.39 is 0 Å². The van der Waals surface area contributed by atoms with E-state index in [-0.39, 0.29) is 5.48 Å². The van der Waals surface area contributed by atoms with Crippen LogP contribution in [0.1, 0.15) is 102 Å². The van der Waals surface area contributed by atoms with Crippen LogP contribution in [0.15, 0.2) is 24.3 Å². The van der Waals surface area contributed by atoms with Gasteiger partial charge in [-0.3, -0.25) is 0 Å². The maximum atomic E-state index is 2.65. The van der Waals surface area contributed by atoms with Crippen LogP contribution < -0.4 is 0 Å². The molecule has 0 aromatic heterocycles. The van der Waals surface area contributed by atoms with Gasteiger partial charge in [0.15, 0.2) is 0 Å². The van der Waals surface area contributed by atoms with E-state index in [1.54, 1.807) is 5.56 Å². The third-order valence-corrected chi connectivity index (χ3v) is 5.51. The molecule has 0 spiro atoms. The molecule has 1 aromatic carbocycles. The molecule has 1 rings (SSSR count). The standard InChI is InChI=1S/C25H45N.H2O/c1-4-21-26(22-5-2)23-17-13-11-9-7-6-8-10-12-14-19-25-20-16-15-18-24(25)3;/h15-16,18,20H,4-14,17,19,21-23H2,1-3H3;1H2. The van der Waals surface area contributed by atoms with Gasteiger partial charge in [-0.15, -0.1) is 0 Å². The highest BCUT2D eigenvalue weighted by molar-refractivity contribution is 5.25. The van der Waals surface area contributed by atoms with E-state index in [1.165, 1.54) is 109 Å². The molecule has 0 aliphatic rings. The zero-order valence-corrected chi connectivity index (χ0v) is 18.6. The van der Waals surface area contributed by atoms with Crippen LogP contribution in [0.2, 0.25) is 0 Å². The molecular formula is C25H47NO. The molecular weight excluding hydrogens is 330 g/mol. The number of hydrogen-bond acceptors (Lipinski definition) is 1. The van der Waals surface area contributed by atoms with Crippen molar-refractivity contribution < 1.29 is 5.48 Å². The second kappa shape index (κ2) is 18.5. The van der Waals surface area contributed by atoms with Gasteiger partial charge in [0, 0.05) is 0 Å². The SMILES string of the molecule is CCCN(CCC)CCCCCCCCCCCCc1ccccc1C.O. The van der Waals surface area contributed by atoms with Crippen molar-refractivity contribution in [2.45, 2.75) is 104 Å². The van der Waals surface area contributed by atoms with E-state index in [9.17, 15) is 0 Å². The Morgan fingerprint density at radius 3 is 1.63 bits per heavy atom. The normalized spacial score (nSPS) is 11.0. The van der Waals surface area contributed by atoms with Gasteiger partial charge < -0.3 is 10.4 Å². The van der Waals surface area contributed by atoms with Crippen LogP contribution >= 0.6 is 0 Å². The molecule has 0 bridgehead atoms. The molecule has 0 unspecified atom stereocenters. The van der Waals surface area contributed by atoms with E-state index in [1.807, 2.05) is 0 Å². The number of benzene rings is 1. The lowest BCUT2D eigenvalue weighted by atomic mass is 10.0. The molecule has 27 heavy (non-hydrogen) atoms. The van der Waals surface area contributed by atoms with E-state index in [4.69, 9.17) is 0 Å². The summed E-state index contributed by atoms with van der Waals surface area (Å²) in [5, 5.41) is 0. The van der Waals surface area contributed by atoms with Crippen molar-refractivity contribution in [3.05, 3.63) is 35.4 Å². The summed E-state index contributed by atoms with van der Waals surface area (Å²) in [6.45, 7) is 10.7. The van der Waals surface area contributed by atoms with Crippen LogP contribution in [0.4, 0.5) is 0 Å². The first-order chi connectivity index (χ1) is 12.8. The smallest absolute Gasteiger partial charge is 0.00187 e. The van der Waals surface area contributed by atoms with Crippen molar-refractivity contribution >= 4 is 0 Å². The fraction of sp³-hybridized carbons (Fsp3) is 0.760. The molecule has 0 aliphatic heterocycles. The van der Waals surface area contributed by atoms with Gasteiger partial charge in [-0.1, -0.05) is 89.5 Å². The molecule has 2 nitrogen and oxygen atoms in total. The molecule has 2 heteroatoms. The predicted molar refractivity (Wildman–Crippen MR) is 122 cm³/mol. The van der Waals surface area contributed by atoms with Crippen molar-refractivity contribution in [3.63, 3.8) is 0 Å². The summed E-state index contributed by atoms with van der Waals surface area (Å²) < 4.78 is 0. The maximum absolute atomic E-state index is 2.65. The molecule has 0 fully saturated rings. The third-order valence-electron chi connectivity index (χ3n) is 5.51. The van der Waals surface area contributed by atoms with Crippen molar-refractivity contribution in [2.24, 2.45) is 0 Å². The number of aryl methyl sites for hydroxylation is 2. The molecule has 158 valence electrons. The average molecular weight is 378 g/mol. The van der Waals surface area contributed by atoms with Crippen LogP contribution in [0.3, 0.4) is 0 Å². The third kappa shape index (κ3) is 13.9. The van der Waals surface area contributed by atoms with Gasteiger partial charge in [-0.05, 0) is 69.8 Å². The van der Waals surface area contributed by atoms with Crippen molar-refractivity contribution in [1.82, 2.24) is 4.90 Å². The van der Waals surface area contributed by atoms with Crippen LogP contribution in [-0.2, 0) is 6.42 Å². The average Bonchev–Trinajstić information content (AvgIpc) is 2.64. The Kier molecular flexibility index (Phi) is 17.9. The second-order valence-electron chi connectivity index (χ2n) is 8.05. The fourth-order valence-electron chi connectivity index (χ4n) is 3.92. The van der Waals surface area contributed by atoms with Gasteiger partial charge in [0.2, 0.25) is 0 Å². The molecule has 2 N–H and O–H groups in total. The minimum absolute atomic E-state index is 0. The summed E-state index contributed by atoms with van der Waals surface area (Å²) >= 11 is 0. The predicted octanol–water partition coefficient (Wildman–Crippen LogP) is 6.74. The molecule has 1 aromatic rings. The Bertz CT molecular complexity index is 426.